The van der Waals surface area contributed by atoms with E-state index in [0.29, 0.717) is 5.88 Å². The Morgan fingerprint density at radius 2 is 1.48 bits per heavy atom. The Hall–Kier alpha value is -2.85. The normalized spacial score (nSPS) is 10.7. The molecule has 0 spiro atoms. The molecule has 1 aromatic heterocycles. The fourth-order valence-corrected chi connectivity index (χ4v) is 2.45. The Morgan fingerprint density at radius 1 is 0.870 bits per heavy atom. The van der Waals surface area contributed by atoms with Gasteiger partial charge in [0, 0.05) is 6.07 Å². The Balaban J connectivity index is 1.71. The number of carbonyl (C=O) groups is 1. The van der Waals surface area contributed by atoms with Crippen LogP contribution >= 0.6 is 0 Å². The molecule has 116 valence electrons. The third-order valence-corrected chi connectivity index (χ3v) is 3.52. The average Bonchev–Trinajstić information content (AvgIpc) is 3.10. The van der Waals surface area contributed by atoms with Gasteiger partial charge in [-0.1, -0.05) is 60.7 Å². The monoisotopic (exact) mass is 306 g/mol. The van der Waals surface area contributed by atoms with Crippen molar-refractivity contribution >= 4 is 11.8 Å². The van der Waals surface area contributed by atoms with E-state index in [2.05, 4.69) is 34.9 Å². The maximum atomic E-state index is 12.0. The minimum absolute atomic E-state index is 0.0419. The number of nitrogens with one attached hydrogen (secondary N) is 2. The van der Waals surface area contributed by atoms with Crippen LogP contribution in [0, 0.1) is 0 Å². The molecule has 4 nitrogen and oxygen atoms in total. The van der Waals surface area contributed by atoms with Crippen molar-refractivity contribution in [3.63, 3.8) is 0 Å². The second kappa shape index (κ2) is 7.42. The van der Waals surface area contributed by atoms with Crippen molar-refractivity contribution in [2.45, 2.75) is 6.04 Å². The summed E-state index contributed by atoms with van der Waals surface area (Å²) in [5.41, 5.74) is 2.23. The van der Waals surface area contributed by atoms with E-state index in [9.17, 15) is 4.79 Å². The molecule has 0 aliphatic rings. The van der Waals surface area contributed by atoms with Crippen molar-refractivity contribution < 1.29 is 9.21 Å². The molecule has 0 saturated carbocycles. The molecular weight excluding hydrogens is 288 g/mol. The maximum absolute atomic E-state index is 12.0. The van der Waals surface area contributed by atoms with Crippen LogP contribution in [0.3, 0.4) is 0 Å². The summed E-state index contributed by atoms with van der Waals surface area (Å²) >= 11 is 0. The number of hydrogen-bond donors (Lipinski definition) is 2. The van der Waals surface area contributed by atoms with Gasteiger partial charge in [0.2, 0.25) is 5.91 Å². The van der Waals surface area contributed by atoms with E-state index in [4.69, 9.17) is 4.42 Å². The van der Waals surface area contributed by atoms with Crippen LogP contribution in [0.15, 0.2) is 83.5 Å². The first kappa shape index (κ1) is 15.1. The number of furan rings is 1. The third kappa shape index (κ3) is 4.08. The molecule has 1 heterocycles. The van der Waals surface area contributed by atoms with E-state index in [0.717, 1.165) is 11.1 Å². The van der Waals surface area contributed by atoms with Gasteiger partial charge in [-0.05, 0) is 17.2 Å². The number of carbonyl (C=O) groups excluding carboxylic acids is 1. The molecule has 0 aliphatic carbocycles. The number of hydrogen-bond acceptors (Lipinski definition) is 3. The molecule has 0 aliphatic heterocycles. The highest BCUT2D eigenvalue weighted by molar-refractivity contribution is 5.91. The van der Waals surface area contributed by atoms with Gasteiger partial charge >= 0.3 is 0 Å². The number of anilines is 1. The van der Waals surface area contributed by atoms with Gasteiger partial charge in [0.25, 0.3) is 0 Å². The number of amides is 1. The van der Waals surface area contributed by atoms with Crippen LogP contribution in [0.5, 0.6) is 0 Å². The summed E-state index contributed by atoms with van der Waals surface area (Å²) in [6, 6.07) is 23.6. The lowest BCUT2D eigenvalue weighted by atomic mass is 9.99. The van der Waals surface area contributed by atoms with Crippen LogP contribution in [0.1, 0.15) is 17.2 Å². The lowest BCUT2D eigenvalue weighted by Gasteiger charge is -2.19. The lowest BCUT2D eigenvalue weighted by molar-refractivity contribution is -0.115. The highest BCUT2D eigenvalue weighted by Gasteiger charge is 2.14. The summed E-state index contributed by atoms with van der Waals surface area (Å²) in [7, 11) is 0. The molecular formula is C19H18N2O2. The van der Waals surface area contributed by atoms with E-state index >= 15 is 0 Å². The molecule has 23 heavy (non-hydrogen) atoms. The molecule has 1 amide bonds. The molecule has 0 saturated heterocycles. The standard InChI is InChI=1S/C19H18N2O2/c22-17(21-18-12-7-13-23-18)14-20-19(15-8-3-1-4-9-15)16-10-5-2-6-11-16/h1-13,19-20H,14H2,(H,21,22). The van der Waals surface area contributed by atoms with Crippen molar-refractivity contribution in [3.05, 3.63) is 90.2 Å². The van der Waals surface area contributed by atoms with Crippen LogP contribution in [0.25, 0.3) is 0 Å². The summed E-state index contributed by atoms with van der Waals surface area (Å²) in [5, 5.41) is 6.02. The van der Waals surface area contributed by atoms with Gasteiger partial charge in [-0.25, -0.2) is 0 Å². The second-order valence-electron chi connectivity index (χ2n) is 5.16. The molecule has 0 bridgehead atoms. The Labute approximate surface area is 135 Å². The average molecular weight is 306 g/mol. The van der Waals surface area contributed by atoms with E-state index in [-0.39, 0.29) is 18.5 Å². The van der Waals surface area contributed by atoms with Crippen LogP contribution in [0.2, 0.25) is 0 Å². The number of rotatable bonds is 6. The molecule has 0 unspecified atom stereocenters. The van der Waals surface area contributed by atoms with Crippen LogP contribution < -0.4 is 10.6 Å². The van der Waals surface area contributed by atoms with E-state index in [1.165, 1.54) is 6.26 Å². The zero-order valence-electron chi connectivity index (χ0n) is 12.6. The van der Waals surface area contributed by atoms with Gasteiger partial charge in [-0.3, -0.25) is 15.4 Å². The molecule has 2 N–H and O–H groups in total. The fourth-order valence-electron chi connectivity index (χ4n) is 2.45. The van der Waals surface area contributed by atoms with Gasteiger partial charge in [0.05, 0.1) is 18.8 Å². The quantitative estimate of drug-likeness (QED) is 0.731. The fraction of sp³-hybridized carbons (Fsp3) is 0.105. The summed E-state index contributed by atoms with van der Waals surface area (Å²) in [6.07, 6.45) is 1.53. The van der Waals surface area contributed by atoms with Crippen molar-refractivity contribution in [1.29, 1.82) is 0 Å². The highest BCUT2D eigenvalue weighted by atomic mass is 16.3. The smallest absolute Gasteiger partial charge is 0.240 e. The topological polar surface area (TPSA) is 54.3 Å². The van der Waals surface area contributed by atoms with Crippen molar-refractivity contribution in [2.24, 2.45) is 0 Å². The molecule has 0 radical (unpaired) electrons. The molecule has 2 aromatic carbocycles. The van der Waals surface area contributed by atoms with Gasteiger partial charge in [-0.2, -0.15) is 0 Å². The minimum atomic E-state index is -0.142. The van der Waals surface area contributed by atoms with E-state index in [1.807, 2.05) is 36.4 Å². The third-order valence-electron chi connectivity index (χ3n) is 3.52. The predicted molar refractivity (Wildman–Crippen MR) is 90.1 cm³/mol. The van der Waals surface area contributed by atoms with Crippen molar-refractivity contribution in [2.75, 3.05) is 11.9 Å². The number of benzene rings is 2. The van der Waals surface area contributed by atoms with E-state index < -0.39 is 0 Å². The first-order chi connectivity index (χ1) is 11.3. The lowest BCUT2D eigenvalue weighted by Crippen LogP contribution is -2.31. The van der Waals surface area contributed by atoms with Crippen molar-refractivity contribution in [3.8, 4) is 0 Å². The first-order valence-electron chi connectivity index (χ1n) is 7.49. The highest BCUT2D eigenvalue weighted by Crippen LogP contribution is 2.21. The maximum Gasteiger partial charge on any atom is 0.240 e. The van der Waals surface area contributed by atoms with Crippen LogP contribution in [-0.2, 0) is 4.79 Å². The summed E-state index contributed by atoms with van der Waals surface area (Å²) in [6.45, 7) is 0.190. The van der Waals surface area contributed by atoms with Gasteiger partial charge < -0.3 is 4.42 Å². The van der Waals surface area contributed by atoms with Crippen molar-refractivity contribution in [1.82, 2.24) is 5.32 Å². The first-order valence-corrected chi connectivity index (χ1v) is 7.49. The Morgan fingerprint density at radius 3 is 2.00 bits per heavy atom. The second-order valence-corrected chi connectivity index (χ2v) is 5.16. The van der Waals surface area contributed by atoms with Gasteiger partial charge in [0.1, 0.15) is 0 Å². The van der Waals surface area contributed by atoms with Gasteiger partial charge in [-0.15, -0.1) is 0 Å². The molecule has 3 rings (SSSR count). The molecule has 3 aromatic rings. The largest absolute Gasteiger partial charge is 0.449 e. The molecule has 0 atom stereocenters. The zero-order chi connectivity index (χ0) is 15.9. The molecule has 0 fully saturated rings. The zero-order valence-corrected chi connectivity index (χ0v) is 12.6. The van der Waals surface area contributed by atoms with Gasteiger partial charge in [0.15, 0.2) is 5.88 Å². The SMILES string of the molecule is O=C(CNC(c1ccccc1)c1ccccc1)Nc1ccco1. The minimum Gasteiger partial charge on any atom is -0.449 e. The summed E-state index contributed by atoms with van der Waals surface area (Å²) in [5.74, 6) is 0.310. The Kier molecular flexibility index (Phi) is 4.86. The Bertz CT molecular complexity index is 685. The summed E-state index contributed by atoms with van der Waals surface area (Å²) < 4.78 is 5.12. The molecule has 4 heteroatoms. The predicted octanol–water partition coefficient (Wildman–Crippen LogP) is 3.60. The van der Waals surface area contributed by atoms with E-state index in [1.54, 1.807) is 12.1 Å². The van der Waals surface area contributed by atoms with Crippen LogP contribution in [-0.4, -0.2) is 12.5 Å². The summed E-state index contributed by atoms with van der Waals surface area (Å²) in [4.78, 5) is 12.0. The van der Waals surface area contributed by atoms with Crippen LogP contribution in [0.4, 0.5) is 5.88 Å².